The Morgan fingerprint density at radius 2 is 1.55 bits per heavy atom. The molecule has 0 amide bonds. The summed E-state index contributed by atoms with van der Waals surface area (Å²) in [5.74, 6) is 0. The van der Waals surface area contributed by atoms with Crippen LogP contribution in [0.1, 0.15) is 39.5 Å². The van der Waals surface area contributed by atoms with Crippen LogP contribution in [0, 0.1) is 0 Å². The van der Waals surface area contributed by atoms with E-state index in [4.69, 9.17) is 5.11 Å². The summed E-state index contributed by atoms with van der Waals surface area (Å²) < 4.78 is 1.28. The molecule has 0 aromatic rings. The number of aliphatic hydroxyl groups is 1. The van der Waals surface area contributed by atoms with Crippen molar-refractivity contribution in [2.75, 3.05) is 6.61 Å². The van der Waals surface area contributed by atoms with E-state index in [9.17, 15) is 0 Å². The van der Waals surface area contributed by atoms with Gasteiger partial charge in [-0.25, -0.2) is 0 Å². The van der Waals surface area contributed by atoms with Gasteiger partial charge in [0.2, 0.25) is 0 Å². The predicted octanol–water partition coefficient (Wildman–Crippen LogP) is 2.57. The molecule has 0 aliphatic heterocycles. The molecule has 3 heteroatoms. The van der Waals surface area contributed by atoms with E-state index >= 15 is 0 Å². The Labute approximate surface area is 89.8 Å². The first kappa shape index (κ1) is 17.9. The van der Waals surface area contributed by atoms with Crippen molar-refractivity contribution in [1.29, 1.82) is 0 Å². The molecule has 0 spiro atoms. The Balaban J connectivity index is -0.000000140. The van der Waals surface area contributed by atoms with Crippen LogP contribution in [0.3, 0.4) is 0 Å². The summed E-state index contributed by atoms with van der Waals surface area (Å²) in [6.45, 7) is 4.66. The number of unbranched alkanes of at least 4 members (excludes halogenated alkanes) is 3. The predicted molar refractivity (Wildman–Crippen MR) is 54.7 cm³/mol. The molecule has 0 aliphatic carbocycles. The largest absolute Gasteiger partial charge is 1.41 e. The van der Waals surface area contributed by atoms with Crippen LogP contribution in [0.5, 0.6) is 0 Å². The highest BCUT2D eigenvalue weighted by Gasteiger charge is 2.13. The lowest BCUT2D eigenvalue weighted by atomic mass is 10.2. The standard InChI is InChI=1S/C6H14O.C2H5.ClH.Mg/c1-2-3-4-5-6-7;1-2;;/h7H,2-6H2,1H3;1H2,2H3;1H;/q;;;+2. The smallest absolute Gasteiger partial charge is 0.396 e. The fourth-order valence-corrected chi connectivity index (χ4v) is 0.539. The Bertz CT molecular complexity index is 41.1. The van der Waals surface area contributed by atoms with E-state index in [2.05, 4.69) is 13.8 Å². The number of aliphatic hydroxyl groups excluding tert-OH is 1. The van der Waals surface area contributed by atoms with Crippen LogP contribution in [-0.4, -0.2) is 33.4 Å². The van der Waals surface area contributed by atoms with Crippen LogP contribution < -0.4 is 0 Å². The molecule has 0 saturated heterocycles. The van der Waals surface area contributed by atoms with Gasteiger partial charge in [-0.15, -0.1) is 12.4 Å². The first-order valence-corrected chi connectivity index (χ1v) is 5.23. The minimum atomic E-state index is 0. The van der Waals surface area contributed by atoms with Crippen LogP contribution in [0.15, 0.2) is 0 Å². The fraction of sp³-hybridized carbons (Fsp3) is 1.00. The maximum Gasteiger partial charge on any atom is 1.41 e. The summed E-state index contributed by atoms with van der Waals surface area (Å²) >= 11 is 1.97. The molecular formula is C8H20ClMgO+2. The first-order chi connectivity index (χ1) is 4.83. The molecular weight excluding hydrogens is 172 g/mol. The Morgan fingerprint density at radius 1 is 1.09 bits per heavy atom. The second kappa shape index (κ2) is 22.5. The zero-order valence-corrected chi connectivity index (χ0v) is 10.0. The average molecular weight is 192 g/mol. The zero-order chi connectivity index (χ0) is 8.24. The van der Waals surface area contributed by atoms with E-state index in [1.54, 1.807) is 0 Å². The second-order valence-corrected chi connectivity index (χ2v) is 3.28. The summed E-state index contributed by atoms with van der Waals surface area (Å²) in [7, 11) is 0. The number of halogens is 1. The molecule has 0 heterocycles. The molecule has 0 atom stereocenters. The monoisotopic (exact) mass is 191 g/mol. The Morgan fingerprint density at radius 3 is 1.82 bits per heavy atom. The van der Waals surface area contributed by atoms with Crippen molar-refractivity contribution in [3.8, 4) is 0 Å². The van der Waals surface area contributed by atoms with Gasteiger partial charge in [0.1, 0.15) is 0 Å². The summed E-state index contributed by atoms with van der Waals surface area (Å²) in [6.07, 6.45) is 4.68. The van der Waals surface area contributed by atoms with Crippen molar-refractivity contribution in [3.05, 3.63) is 0 Å². The summed E-state index contributed by atoms with van der Waals surface area (Å²) in [6, 6.07) is 0. The lowest BCUT2D eigenvalue weighted by Gasteiger charge is -1.90. The molecule has 1 N–H and O–H groups in total. The number of rotatable bonds is 4. The van der Waals surface area contributed by atoms with Crippen LogP contribution in [0.2, 0.25) is 4.55 Å². The van der Waals surface area contributed by atoms with Gasteiger partial charge in [-0.2, -0.15) is 0 Å². The van der Waals surface area contributed by atoms with Gasteiger partial charge in [0.25, 0.3) is 4.55 Å². The fourth-order valence-electron chi connectivity index (χ4n) is 0.539. The van der Waals surface area contributed by atoms with E-state index < -0.39 is 0 Å². The minimum Gasteiger partial charge on any atom is -0.396 e. The van der Waals surface area contributed by atoms with Gasteiger partial charge in [0.05, 0.1) is 0 Å². The highest BCUT2D eigenvalue weighted by atomic mass is 35.5. The van der Waals surface area contributed by atoms with Gasteiger partial charge in [0.15, 0.2) is 0 Å². The van der Waals surface area contributed by atoms with Gasteiger partial charge in [-0.3, -0.25) is 0 Å². The number of hydrogen-bond donors (Lipinski definition) is 1. The molecule has 0 saturated carbocycles. The number of hydrogen-bond acceptors (Lipinski definition) is 1. The van der Waals surface area contributed by atoms with Gasteiger partial charge < -0.3 is 5.11 Å². The first-order valence-electron chi connectivity index (χ1n) is 4.23. The van der Waals surface area contributed by atoms with E-state index in [1.165, 1.54) is 23.8 Å². The summed E-state index contributed by atoms with van der Waals surface area (Å²) in [4.78, 5) is 0. The summed E-state index contributed by atoms with van der Waals surface area (Å²) in [5.41, 5.74) is 0. The average Bonchev–Trinajstić information content (AvgIpc) is 1.91. The topological polar surface area (TPSA) is 20.2 Å². The van der Waals surface area contributed by atoms with Crippen molar-refractivity contribution in [1.82, 2.24) is 0 Å². The molecule has 11 heavy (non-hydrogen) atoms. The van der Waals surface area contributed by atoms with Crippen molar-refractivity contribution in [3.63, 3.8) is 0 Å². The third-order valence-corrected chi connectivity index (χ3v) is 1.01. The van der Waals surface area contributed by atoms with Gasteiger partial charge >= 0.3 is 21.7 Å². The minimum absolute atomic E-state index is 0. The highest BCUT2D eigenvalue weighted by molar-refractivity contribution is 6.08. The van der Waals surface area contributed by atoms with E-state index in [0.717, 1.165) is 6.42 Å². The molecule has 0 bridgehead atoms. The van der Waals surface area contributed by atoms with Crippen LogP contribution in [0.4, 0.5) is 0 Å². The lowest BCUT2D eigenvalue weighted by molar-refractivity contribution is 0.283. The Kier molecular flexibility index (Phi) is 36.6. The molecule has 0 unspecified atom stereocenters. The van der Waals surface area contributed by atoms with E-state index in [1.807, 2.05) is 21.7 Å². The summed E-state index contributed by atoms with van der Waals surface area (Å²) in [5, 5.41) is 8.29. The third kappa shape index (κ3) is 35.6. The van der Waals surface area contributed by atoms with Crippen molar-refractivity contribution in [2.24, 2.45) is 0 Å². The maximum atomic E-state index is 8.29. The Hall–Kier alpha value is 1.02. The van der Waals surface area contributed by atoms with E-state index in [-0.39, 0.29) is 12.4 Å². The quantitative estimate of drug-likeness (QED) is 0.536. The zero-order valence-electron chi connectivity index (χ0n) is 7.81. The van der Waals surface area contributed by atoms with Crippen molar-refractivity contribution < 1.29 is 5.11 Å². The molecule has 7 radical (unpaired) electrons. The van der Waals surface area contributed by atoms with Gasteiger partial charge in [0, 0.05) is 13.5 Å². The highest BCUT2D eigenvalue weighted by Crippen LogP contribution is 1.95. The molecule has 65 valence electrons. The van der Waals surface area contributed by atoms with E-state index in [0.29, 0.717) is 6.61 Å². The van der Waals surface area contributed by atoms with Gasteiger partial charge in [-0.1, -0.05) is 26.2 Å². The molecule has 0 aromatic carbocycles. The van der Waals surface area contributed by atoms with Crippen molar-refractivity contribution in [2.45, 2.75) is 44.1 Å². The molecule has 0 fully saturated rings. The van der Waals surface area contributed by atoms with Crippen LogP contribution >= 0.6 is 12.4 Å². The van der Waals surface area contributed by atoms with Gasteiger partial charge in [-0.05, 0) is 6.42 Å². The van der Waals surface area contributed by atoms with Crippen LogP contribution in [0.25, 0.3) is 0 Å². The normalized spacial score (nSPS) is 7.64. The SMILES string of the molecule is CCCCCCO.C[CH2][Mg+2].Cl. The molecule has 0 aromatic heterocycles. The second-order valence-electron chi connectivity index (χ2n) is 2.28. The molecule has 0 aliphatic rings. The lowest BCUT2D eigenvalue weighted by Crippen LogP contribution is -1.80. The van der Waals surface area contributed by atoms with Crippen molar-refractivity contribution >= 4 is 34.1 Å². The van der Waals surface area contributed by atoms with Crippen LogP contribution in [-0.2, 0) is 0 Å². The maximum absolute atomic E-state index is 8.29. The molecule has 0 rings (SSSR count). The molecule has 1 nitrogen and oxygen atoms in total. The third-order valence-electron chi connectivity index (χ3n) is 1.01.